The summed E-state index contributed by atoms with van der Waals surface area (Å²) in [5.74, 6) is -0.873. The first-order valence-electron chi connectivity index (χ1n) is 7.43. The molecule has 2 aromatic heterocycles. The van der Waals surface area contributed by atoms with Crippen molar-refractivity contribution in [2.75, 3.05) is 0 Å². The van der Waals surface area contributed by atoms with Gasteiger partial charge in [0, 0.05) is 5.56 Å². The number of aryl methyl sites for hydroxylation is 1. The van der Waals surface area contributed by atoms with Crippen molar-refractivity contribution < 1.29 is 14.0 Å². The Kier molecular flexibility index (Phi) is 4.58. The van der Waals surface area contributed by atoms with Gasteiger partial charge in [0.2, 0.25) is 0 Å². The molecule has 2 heterocycles. The number of carbonyl (C=O) groups excluding carboxylic acids is 2. The van der Waals surface area contributed by atoms with Crippen LogP contribution in [0.1, 0.15) is 32.3 Å². The Bertz CT molecular complexity index is 914. The Morgan fingerprint density at radius 2 is 1.76 bits per heavy atom. The van der Waals surface area contributed by atoms with Crippen LogP contribution in [0.25, 0.3) is 5.69 Å². The lowest BCUT2D eigenvalue weighted by atomic mass is 10.2. The van der Waals surface area contributed by atoms with E-state index in [9.17, 15) is 9.59 Å². The predicted molar refractivity (Wildman–Crippen MR) is 91.7 cm³/mol. The fraction of sp³-hybridized carbons (Fsp3) is 0.118. The van der Waals surface area contributed by atoms with E-state index in [0.29, 0.717) is 10.6 Å². The second kappa shape index (κ2) is 6.82. The van der Waals surface area contributed by atoms with Gasteiger partial charge in [-0.25, -0.2) is 4.68 Å². The third kappa shape index (κ3) is 3.41. The summed E-state index contributed by atoms with van der Waals surface area (Å²) in [5.41, 5.74) is 7.34. The van der Waals surface area contributed by atoms with Gasteiger partial charge in [-0.1, -0.05) is 11.6 Å². The summed E-state index contributed by atoms with van der Waals surface area (Å²) in [4.78, 5) is 23.8. The minimum atomic E-state index is -0.535. The van der Waals surface area contributed by atoms with E-state index in [4.69, 9.17) is 16.0 Å². The van der Waals surface area contributed by atoms with Crippen molar-refractivity contribution in [3.05, 3.63) is 70.4 Å². The normalized spacial score (nSPS) is 10.5. The highest BCUT2D eigenvalue weighted by Gasteiger charge is 2.13. The first-order valence-corrected chi connectivity index (χ1v) is 7.81. The summed E-state index contributed by atoms with van der Waals surface area (Å²) in [7, 11) is 0. The monoisotopic (exact) mass is 358 g/mol. The van der Waals surface area contributed by atoms with Gasteiger partial charge in [-0.3, -0.25) is 20.4 Å². The molecule has 0 atom stereocenters. The van der Waals surface area contributed by atoms with Crippen LogP contribution in [0.2, 0.25) is 5.02 Å². The number of rotatable bonds is 3. The van der Waals surface area contributed by atoms with Crippen LogP contribution in [0, 0.1) is 13.8 Å². The van der Waals surface area contributed by atoms with E-state index in [1.165, 1.54) is 12.3 Å². The maximum atomic E-state index is 12.1. The molecule has 0 saturated heterocycles. The Hall–Kier alpha value is -3.06. The molecule has 0 radical (unpaired) electrons. The van der Waals surface area contributed by atoms with Crippen molar-refractivity contribution in [1.82, 2.24) is 20.6 Å². The third-order valence-electron chi connectivity index (χ3n) is 3.61. The first kappa shape index (κ1) is 16.8. The van der Waals surface area contributed by atoms with Gasteiger partial charge in [-0.05, 0) is 50.2 Å². The average Bonchev–Trinajstić information content (AvgIpc) is 3.24. The summed E-state index contributed by atoms with van der Waals surface area (Å²) < 4.78 is 6.64. The number of carbonyl (C=O) groups is 2. The van der Waals surface area contributed by atoms with E-state index in [-0.39, 0.29) is 5.76 Å². The number of halogens is 1. The van der Waals surface area contributed by atoms with E-state index in [2.05, 4.69) is 16.0 Å². The highest BCUT2D eigenvalue weighted by Crippen LogP contribution is 2.22. The SMILES string of the molecule is Cc1nn(-c2ccc(C(=O)NNC(=O)c3ccco3)cc2)c(C)c1Cl. The van der Waals surface area contributed by atoms with Gasteiger partial charge in [0.1, 0.15) is 0 Å². The second-order valence-corrected chi connectivity index (χ2v) is 5.71. The van der Waals surface area contributed by atoms with Crippen LogP contribution >= 0.6 is 11.6 Å². The number of benzene rings is 1. The molecule has 0 spiro atoms. The molecule has 25 heavy (non-hydrogen) atoms. The van der Waals surface area contributed by atoms with Gasteiger partial charge in [0.15, 0.2) is 5.76 Å². The van der Waals surface area contributed by atoms with Gasteiger partial charge in [-0.15, -0.1) is 0 Å². The van der Waals surface area contributed by atoms with E-state index >= 15 is 0 Å². The molecule has 0 aliphatic rings. The highest BCUT2D eigenvalue weighted by atomic mass is 35.5. The molecule has 128 valence electrons. The first-order chi connectivity index (χ1) is 12.0. The molecular formula is C17H15ClN4O3. The molecule has 0 aliphatic heterocycles. The number of nitrogens with one attached hydrogen (secondary N) is 2. The highest BCUT2D eigenvalue weighted by molar-refractivity contribution is 6.31. The van der Waals surface area contributed by atoms with Crippen molar-refractivity contribution in [2.45, 2.75) is 13.8 Å². The number of hydrogen-bond donors (Lipinski definition) is 2. The number of aromatic nitrogens is 2. The molecule has 3 aromatic rings. The van der Waals surface area contributed by atoms with Crippen LogP contribution < -0.4 is 10.9 Å². The molecule has 7 nitrogen and oxygen atoms in total. The molecular weight excluding hydrogens is 344 g/mol. The average molecular weight is 359 g/mol. The molecule has 0 bridgehead atoms. The van der Waals surface area contributed by atoms with Crippen LogP contribution in [-0.4, -0.2) is 21.6 Å². The minimum Gasteiger partial charge on any atom is -0.459 e. The minimum absolute atomic E-state index is 0.108. The van der Waals surface area contributed by atoms with Crippen LogP contribution in [0.5, 0.6) is 0 Å². The molecule has 0 aliphatic carbocycles. The van der Waals surface area contributed by atoms with Gasteiger partial charge in [-0.2, -0.15) is 5.10 Å². The third-order valence-corrected chi connectivity index (χ3v) is 4.16. The quantitative estimate of drug-likeness (QED) is 0.704. The molecule has 2 N–H and O–H groups in total. The van der Waals surface area contributed by atoms with Crippen molar-refractivity contribution in [3.8, 4) is 5.69 Å². The Labute approximate surface area is 148 Å². The lowest BCUT2D eigenvalue weighted by Crippen LogP contribution is -2.41. The number of hydrogen-bond acceptors (Lipinski definition) is 4. The van der Waals surface area contributed by atoms with E-state index in [0.717, 1.165) is 17.1 Å². The lowest BCUT2D eigenvalue weighted by molar-refractivity contribution is 0.0831. The molecule has 0 saturated carbocycles. The van der Waals surface area contributed by atoms with Crippen LogP contribution in [-0.2, 0) is 0 Å². The van der Waals surface area contributed by atoms with Gasteiger partial charge in [0.25, 0.3) is 5.91 Å². The Morgan fingerprint density at radius 1 is 1.08 bits per heavy atom. The number of hydrazine groups is 1. The van der Waals surface area contributed by atoms with Crippen molar-refractivity contribution in [3.63, 3.8) is 0 Å². The summed E-state index contributed by atoms with van der Waals surface area (Å²) in [6, 6.07) is 9.84. The van der Waals surface area contributed by atoms with E-state index in [1.54, 1.807) is 35.0 Å². The Balaban J connectivity index is 1.68. The lowest BCUT2D eigenvalue weighted by Gasteiger charge is -2.08. The zero-order valence-corrected chi connectivity index (χ0v) is 14.3. The van der Waals surface area contributed by atoms with Gasteiger partial charge >= 0.3 is 5.91 Å². The van der Waals surface area contributed by atoms with Crippen molar-refractivity contribution >= 4 is 23.4 Å². The van der Waals surface area contributed by atoms with Crippen molar-refractivity contribution in [1.29, 1.82) is 0 Å². The fourth-order valence-corrected chi connectivity index (χ4v) is 2.40. The van der Waals surface area contributed by atoms with Crippen LogP contribution in [0.3, 0.4) is 0 Å². The van der Waals surface area contributed by atoms with Gasteiger partial charge < -0.3 is 4.42 Å². The fourth-order valence-electron chi connectivity index (χ4n) is 2.28. The molecule has 2 amide bonds. The molecule has 0 fully saturated rings. The van der Waals surface area contributed by atoms with Gasteiger partial charge in [0.05, 0.1) is 28.4 Å². The molecule has 8 heteroatoms. The van der Waals surface area contributed by atoms with E-state index < -0.39 is 11.8 Å². The summed E-state index contributed by atoms with van der Waals surface area (Å²) in [5, 5.41) is 4.97. The zero-order valence-electron chi connectivity index (χ0n) is 13.5. The predicted octanol–water partition coefficient (Wildman–Crippen LogP) is 2.81. The van der Waals surface area contributed by atoms with E-state index in [1.807, 2.05) is 13.8 Å². The topological polar surface area (TPSA) is 89.2 Å². The molecule has 0 unspecified atom stereocenters. The maximum Gasteiger partial charge on any atom is 0.305 e. The van der Waals surface area contributed by atoms with Crippen molar-refractivity contribution in [2.24, 2.45) is 0 Å². The van der Waals surface area contributed by atoms with Crippen LogP contribution in [0.4, 0.5) is 0 Å². The second-order valence-electron chi connectivity index (χ2n) is 5.33. The Morgan fingerprint density at radius 3 is 2.32 bits per heavy atom. The molecule has 3 rings (SSSR count). The maximum absolute atomic E-state index is 12.1. The number of furan rings is 1. The largest absolute Gasteiger partial charge is 0.459 e. The number of amides is 2. The molecule has 1 aromatic carbocycles. The smallest absolute Gasteiger partial charge is 0.305 e. The standard InChI is InChI=1S/C17H15ClN4O3/c1-10-15(18)11(2)22(21-10)13-7-5-12(6-8-13)16(23)19-20-17(24)14-4-3-9-25-14/h3-9H,1-2H3,(H,19,23)(H,20,24). The van der Waals surface area contributed by atoms with Crippen LogP contribution in [0.15, 0.2) is 47.1 Å². The zero-order chi connectivity index (χ0) is 18.0. The summed E-state index contributed by atoms with van der Waals surface area (Å²) in [6.45, 7) is 3.70. The summed E-state index contributed by atoms with van der Waals surface area (Å²) >= 11 is 6.15. The number of nitrogens with zero attached hydrogens (tertiary/aromatic N) is 2. The summed E-state index contributed by atoms with van der Waals surface area (Å²) in [6.07, 6.45) is 1.38.